The average Bonchev–Trinajstić information content (AvgIpc) is 2.38. The molecule has 1 N–H and O–H groups in total. The highest BCUT2D eigenvalue weighted by Gasteiger charge is 2.14. The Kier molecular flexibility index (Phi) is 4.34. The molecule has 0 aliphatic carbocycles. The number of aryl methyl sites for hydroxylation is 1. The van der Waals surface area contributed by atoms with Crippen LogP contribution >= 0.6 is 15.9 Å². The standard InChI is InChI=1S/C14H12BrFN2O2/c1-9-6-12(16)4-2-10(9)8-17-13-5-3-11(15)7-14(13)18(19)20/h2-7,17H,8H2,1H3. The molecule has 2 aromatic carbocycles. The van der Waals surface area contributed by atoms with Gasteiger partial charge in [0.15, 0.2) is 0 Å². The van der Waals surface area contributed by atoms with Crippen molar-refractivity contribution in [1.82, 2.24) is 0 Å². The quantitative estimate of drug-likeness (QED) is 0.663. The number of hydrogen-bond donors (Lipinski definition) is 1. The van der Waals surface area contributed by atoms with Crippen LogP contribution in [0.5, 0.6) is 0 Å². The SMILES string of the molecule is Cc1cc(F)ccc1CNc1ccc(Br)cc1[N+](=O)[O-]. The first-order valence-electron chi connectivity index (χ1n) is 5.90. The molecule has 2 aromatic rings. The van der Waals surface area contributed by atoms with Crippen LogP contribution in [0.4, 0.5) is 15.8 Å². The van der Waals surface area contributed by atoms with Crippen LogP contribution in [0.1, 0.15) is 11.1 Å². The molecule has 0 aliphatic heterocycles. The number of nitro groups is 1. The third-order valence-electron chi connectivity index (χ3n) is 2.93. The highest BCUT2D eigenvalue weighted by Crippen LogP contribution is 2.28. The number of hydrogen-bond acceptors (Lipinski definition) is 3. The van der Waals surface area contributed by atoms with Gasteiger partial charge in [0, 0.05) is 17.1 Å². The molecule has 0 radical (unpaired) electrons. The maximum Gasteiger partial charge on any atom is 0.293 e. The van der Waals surface area contributed by atoms with Crippen molar-refractivity contribution in [3.63, 3.8) is 0 Å². The lowest BCUT2D eigenvalue weighted by atomic mass is 10.1. The van der Waals surface area contributed by atoms with Gasteiger partial charge in [0.2, 0.25) is 0 Å². The number of nitro benzene ring substituents is 1. The Hall–Kier alpha value is -1.95. The van der Waals surface area contributed by atoms with Crippen LogP contribution in [-0.4, -0.2) is 4.92 Å². The second-order valence-corrected chi connectivity index (χ2v) is 5.26. The van der Waals surface area contributed by atoms with Crippen molar-refractivity contribution in [2.75, 3.05) is 5.32 Å². The summed E-state index contributed by atoms with van der Waals surface area (Å²) in [6, 6.07) is 9.29. The minimum Gasteiger partial charge on any atom is -0.375 e. The van der Waals surface area contributed by atoms with Crippen molar-refractivity contribution in [1.29, 1.82) is 0 Å². The molecule has 0 spiro atoms. The van der Waals surface area contributed by atoms with Gasteiger partial charge in [0.25, 0.3) is 5.69 Å². The van der Waals surface area contributed by atoms with Gasteiger partial charge in [-0.05, 0) is 42.3 Å². The van der Waals surface area contributed by atoms with E-state index in [1.54, 1.807) is 25.1 Å². The van der Waals surface area contributed by atoms with Crippen LogP contribution in [-0.2, 0) is 6.54 Å². The van der Waals surface area contributed by atoms with Crippen LogP contribution in [0, 0.1) is 22.9 Å². The summed E-state index contributed by atoms with van der Waals surface area (Å²) in [4.78, 5) is 10.6. The Labute approximate surface area is 123 Å². The molecule has 4 nitrogen and oxygen atoms in total. The number of halogens is 2. The molecule has 0 aromatic heterocycles. The molecule has 104 valence electrons. The van der Waals surface area contributed by atoms with Crippen molar-refractivity contribution in [2.45, 2.75) is 13.5 Å². The molecule has 0 amide bonds. The molecule has 0 fully saturated rings. The first-order valence-corrected chi connectivity index (χ1v) is 6.69. The van der Waals surface area contributed by atoms with Gasteiger partial charge in [-0.3, -0.25) is 10.1 Å². The first kappa shape index (κ1) is 14.5. The van der Waals surface area contributed by atoms with Crippen molar-refractivity contribution in [2.24, 2.45) is 0 Å². The summed E-state index contributed by atoms with van der Waals surface area (Å²) in [5, 5.41) is 14.0. The van der Waals surface area contributed by atoms with Gasteiger partial charge >= 0.3 is 0 Å². The number of benzene rings is 2. The van der Waals surface area contributed by atoms with Crippen LogP contribution in [0.25, 0.3) is 0 Å². The van der Waals surface area contributed by atoms with Crippen molar-refractivity contribution in [3.05, 3.63) is 67.9 Å². The number of anilines is 1. The lowest BCUT2D eigenvalue weighted by molar-refractivity contribution is -0.384. The van der Waals surface area contributed by atoms with Crippen molar-refractivity contribution in [3.8, 4) is 0 Å². The topological polar surface area (TPSA) is 55.2 Å². The number of nitrogens with zero attached hydrogens (tertiary/aromatic N) is 1. The molecule has 0 bridgehead atoms. The van der Waals surface area contributed by atoms with Crippen LogP contribution in [0.15, 0.2) is 40.9 Å². The van der Waals surface area contributed by atoms with Crippen molar-refractivity contribution < 1.29 is 9.31 Å². The molecular weight excluding hydrogens is 327 g/mol. The Morgan fingerprint density at radius 2 is 2.05 bits per heavy atom. The zero-order valence-electron chi connectivity index (χ0n) is 10.7. The molecule has 0 heterocycles. The molecule has 0 saturated carbocycles. The third-order valence-corrected chi connectivity index (χ3v) is 3.42. The van der Waals surface area contributed by atoms with Gasteiger partial charge in [-0.15, -0.1) is 0 Å². The van der Waals surface area contributed by atoms with Gasteiger partial charge in [0.1, 0.15) is 11.5 Å². The van der Waals surface area contributed by atoms with E-state index >= 15 is 0 Å². The van der Waals surface area contributed by atoms with Gasteiger partial charge in [0.05, 0.1) is 4.92 Å². The van der Waals surface area contributed by atoms with E-state index in [1.807, 2.05) is 0 Å². The van der Waals surface area contributed by atoms with Gasteiger partial charge < -0.3 is 5.32 Å². The van der Waals surface area contributed by atoms with Crippen molar-refractivity contribution >= 4 is 27.3 Å². The summed E-state index contributed by atoms with van der Waals surface area (Å²) in [5.74, 6) is -0.291. The fourth-order valence-corrected chi connectivity index (χ4v) is 2.20. The molecule has 20 heavy (non-hydrogen) atoms. The lowest BCUT2D eigenvalue weighted by Crippen LogP contribution is -2.04. The van der Waals surface area contributed by atoms with Gasteiger partial charge in [-0.2, -0.15) is 0 Å². The number of rotatable bonds is 4. The second kappa shape index (κ2) is 6.00. The summed E-state index contributed by atoms with van der Waals surface area (Å²) in [6.45, 7) is 2.20. The summed E-state index contributed by atoms with van der Waals surface area (Å²) in [7, 11) is 0. The number of nitrogens with one attached hydrogen (secondary N) is 1. The Morgan fingerprint density at radius 3 is 2.70 bits per heavy atom. The van der Waals surface area contributed by atoms with E-state index in [0.717, 1.165) is 11.1 Å². The van der Waals surface area contributed by atoms with Gasteiger partial charge in [-0.1, -0.05) is 22.0 Å². The molecule has 0 aliphatic rings. The van der Waals surface area contributed by atoms with Gasteiger partial charge in [-0.25, -0.2) is 4.39 Å². The Morgan fingerprint density at radius 1 is 1.30 bits per heavy atom. The molecule has 0 atom stereocenters. The highest BCUT2D eigenvalue weighted by molar-refractivity contribution is 9.10. The summed E-state index contributed by atoms with van der Waals surface area (Å²) >= 11 is 3.21. The monoisotopic (exact) mass is 338 g/mol. The minimum atomic E-state index is -0.440. The minimum absolute atomic E-state index is 0.000797. The van der Waals surface area contributed by atoms with Crippen LogP contribution in [0.2, 0.25) is 0 Å². The maximum atomic E-state index is 13.0. The van der Waals surface area contributed by atoms with E-state index in [0.29, 0.717) is 16.7 Å². The van der Waals surface area contributed by atoms with E-state index in [9.17, 15) is 14.5 Å². The molecule has 6 heteroatoms. The predicted octanol–water partition coefficient (Wildman–Crippen LogP) is 4.42. The Balaban J connectivity index is 2.20. The van der Waals surface area contributed by atoms with E-state index in [4.69, 9.17) is 0 Å². The molecule has 0 unspecified atom stereocenters. The predicted molar refractivity (Wildman–Crippen MR) is 79.3 cm³/mol. The Bertz CT molecular complexity index is 662. The zero-order chi connectivity index (χ0) is 14.7. The van der Waals surface area contributed by atoms with E-state index in [1.165, 1.54) is 18.2 Å². The van der Waals surface area contributed by atoms with E-state index < -0.39 is 4.92 Å². The van der Waals surface area contributed by atoms with Crippen LogP contribution < -0.4 is 5.32 Å². The summed E-state index contributed by atoms with van der Waals surface area (Å²) in [6.07, 6.45) is 0. The van der Waals surface area contributed by atoms with E-state index in [2.05, 4.69) is 21.2 Å². The second-order valence-electron chi connectivity index (χ2n) is 4.34. The van der Waals surface area contributed by atoms with E-state index in [-0.39, 0.29) is 11.5 Å². The largest absolute Gasteiger partial charge is 0.375 e. The maximum absolute atomic E-state index is 13.0. The first-order chi connectivity index (χ1) is 9.47. The van der Waals surface area contributed by atoms with Crippen LogP contribution in [0.3, 0.4) is 0 Å². The normalized spacial score (nSPS) is 10.3. The smallest absolute Gasteiger partial charge is 0.293 e. The zero-order valence-corrected chi connectivity index (χ0v) is 12.3. The molecular formula is C14H12BrFN2O2. The fraction of sp³-hybridized carbons (Fsp3) is 0.143. The fourth-order valence-electron chi connectivity index (χ4n) is 1.85. The molecule has 0 saturated heterocycles. The summed E-state index contributed by atoms with van der Waals surface area (Å²) < 4.78 is 13.7. The third kappa shape index (κ3) is 3.33. The lowest BCUT2D eigenvalue weighted by Gasteiger charge is -2.09. The highest BCUT2D eigenvalue weighted by atomic mass is 79.9. The molecule has 2 rings (SSSR count). The summed E-state index contributed by atoms with van der Waals surface area (Å²) in [5.41, 5.74) is 2.13. The average molecular weight is 339 g/mol.